The number of hydrogen-bond donors (Lipinski definition) is 1. The summed E-state index contributed by atoms with van der Waals surface area (Å²) in [5, 5.41) is 2.49. The Hall–Kier alpha value is -4.47. The van der Waals surface area contributed by atoms with E-state index in [0.717, 1.165) is 42.3 Å². The first-order valence-corrected chi connectivity index (χ1v) is 12.0. The van der Waals surface area contributed by atoms with Crippen LogP contribution in [0.25, 0.3) is 11.3 Å². The van der Waals surface area contributed by atoms with E-state index in [1.807, 2.05) is 29.2 Å². The minimum absolute atomic E-state index is 0.0457. The van der Waals surface area contributed by atoms with Gasteiger partial charge in [-0.05, 0) is 60.7 Å². The number of amides is 2. The predicted molar refractivity (Wildman–Crippen MR) is 133 cm³/mol. The molecule has 0 saturated carbocycles. The molecule has 1 aliphatic heterocycles. The van der Waals surface area contributed by atoms with Crippen molar-refractivity contribution in [1.29, 1.82) is 0 Å². The molecule has 0 aliphatic carbocycles. The van der Waals surface area contributed by atoms with E-state index in [9.17, 15) is 22.8 Å². The van der Waals surface area contributed by atoms with E-state index in [4.69, 9.17) is 4.42 Å². The summed E-state index contributed by atoms with van der Waals surface area (Å²) >= 11 is 0. The molecule has 0 spiro atoms. The molecule has 2 aromatic carbocycles. The van der Waals surface area contributed by atoms with E-state index in [1.165, 1.54) is 6.39 Å². The van der Waals surface area contributed by atoms with Crippen LogP contribution in [0.3, 0.4) is 0 Å². The fourth-order valence-corrected chi connectivity index (χ4v) is 4.61. The van der Waals surface area contributed by atoms with Gasteiger partial charge in [0.05, 0.1) is 11.8 Å². The van der Waals surface area contributed by atoms with Crippen molar-refractivity contribution in [3.05, 3.63) is 102 Å². The molecule has 2 amide bonds. The second-order valence-corrected chi connectivity index (χ2v) is 8.99. The second kappa shape index (κ2) is 10.5. The van der Waals surface area contributed by atoms with Crippen LogP contribution in [0.2, 0.25) is 0 Å². The Morgan fingerprint density at radius 1 is 1.00 bits per heavy atom. The number of benzene rings is 2. The number of rotatable bonds is 5. The number of nitrogens with zero attached hydrogens (tertiary/aromatic N) is 3. The van der Waals surface area contributed by atoms with E-state index in [-0.39, 0.29) is 11.8 Å². The summed E-state index contributed by atoms with van der Waals surface area (Å²) in [7, 11) is 0. The van der Waals surface area contributed by atoms with Gasteiger partial charge in [-0.1, -0.05) is 24.3 Å². The largest absolute Gasteiger partial charge is 0.444 e. The molecule has 38 heavy (non-hydrogen) atoms. The number of anilines is 1. The van der Waals surface area contributed by atoms with Crippen molar-refractivity contribution in [2.75, 3.05) is 18.4 Å². The van der Waals surface area contributed by atoms with Crippen LogP contribution in [-0.4, -0.2) is 39.8 Å². The quantitative estimate of drug-likeness (QED) is 0.347. The molecule has 7 nitrogen and oxygen atoms in total. The van der Waals surface area contributed by atoms with Crippen molar-refractivity contribution in [3.63, 3.8) is 0 Å². The Morgan fingerprint density at radius 2 is 1.76 bits per heavy atom. The molecule has 5 rings (SSSR count). The first kappa shape index (κ1) is 25.2. The zero-order valence-corrected chi connectivity index (χ0v) is 20.1. The summed E-state index contributed by atoms with van der Waals surface area (Å²) in [6.07, 6.45) is 0.950. The minimum Gasteiger partial charge on any atom is -0.444 e. The lowest BCUT2D eigenvalue weighted by Gasteiger charge is -2.32. The maximum atomic E-state index is 13.2. The Balaban J connectivity index is 1.19. The summed E-state index contributed by atoms with van der Waals surface area (Å²) in [5.41, 5.74) is 1.02. The third-order valence-corrected chi connectivity index (χ3v) is 6.58. The zero-order valence-electron chi connectivity index (χ0n) is 20.1. The summed E-state index contributed by atoms with van der Waals surface area (Å²) in [4.78, 5) is 34.9. The maximum absolute atomic E-state index is 13.2. The third-order valence-electron chi connectivity index (χ3n) is 6.58. The Bertz CT molecular complexity index is 1430. The molecule has 0 unspecified atom stereocenters. The fourth-order valence-electron chi connectivity index (χ4n) is 4.61. The molecule has 0 bridgehead atoms. The van der Waals surface area contributed by atoms with Gasteiger partial charge in [0, 0.05) is 36.1 Å². The van der Waals surface area contributed by atoms with Crippen molar-refractivity contribution in [2.24, 2.45) is 0 Å². The van der Waals surface area contributed by atoms with Gasteiger partial charge < -0.3 is 14.6 Å². The number of oxazole rings is 1. The fraction of sp³-hybridized carbons (Fsp3) is 0.214. The van der Waals surface area contributed by atoms with Gasteiger partial charge in [0.2, 0.25) is 0 Å². The normalized spacial score (nSPS) is 14.3. The van der Waals surface area contributed by atoms with E-state index < -0.39 is 23.3 Å². The first-order valence-electron chi connectivity index (χ1n) is 12.0. The number of pyridine rings is 1. The van der Waals surface area contributed by atoms with Crippen LogP contribution in [0, 0.1) is 0 Å². The number of likely N-dealkylation sites (tertiary alicyclic amines) is 1. The third kappa shape index (κ3) is 5.44. The molecule has 2 aromatic heterocycles. The average molecular weight is 521 g/mol. The van der Waals surface area contributed by atoms with Crippen LogP contribution >= 0.6 is 0 Å². The topological polar surface area (TPSA) is 88.3 Å². The molecule has 0 radical (unpaired) electrons. The molecule has 1 aliphatic rings. The zero-order chi connectivity index (χ0) is 26.7. The SMILES string of the molecule is O=C(Nc1ccc(C2CCN(C(=O)c3cccc(-c4cnco4)c3)CC2)cc1)c1ncccc1C(F)(F)F. The standard InChI is InChI=1S/C28H23F3N4O3/c29-28(30,31)23-5-2-12-33-25(23)26(36)34-22-8-6-18(7-9-22)19-10-13-35(14-11-19)27(37)21-4-1-3-20(15-21)24-16-32-17-38-24/h1-9,12,15-17,19H,10-11,13-14H2,(H,34,36). The Morgan fingerprint density at radius 3 is 2.45 bits per heavy atom. The number of aromatic nitrogens is 2. The summed E-state index contributed by atoms with van der Waals surface area (Å²) < 4.78 is 44.9. The maximum Gasteiger partial charge on any atom is 0.418 e. The molecule has 10 heteroatoms. The lowest BCUT2D eigenvalue weighted by atomic mass is 9.89. The van der Waals surface area contributed by atoms with Gasteiger partial charge in [-0.3, -0.25) is 14.6 Å². The van der Waals surface area contributed by atoms with Crippen molar-refractivity contribution < 1.29 is 27.2 Å². The number of carbonyl (C=O) groups is 2. The average Bonchev–Trinajstić information content (AvgIpc) is 3.48. The molecule has 1 saturated heterocycles. The summed E-state index contributed by atoms with van der Waals surface area (Å²) in [5.74, 6) is -0.156. The second-order valence-electron chi connectivity index (χ2n) is 8.99. The Kier molecular flexibility index (Phi) is 6.95. The molecule has 3 heterocycles. The van der Waals surface area contributed by atoms with Crippen LogP contribution in [0.15, 0.2) is 83.9 Å². The van der Waals surface area contributed by atoms with Crippen molar-refractivity contribution in [1.82, 2.24) is 14.9 Å². The smallest absolute Gasteiger partial charge is 0.418 e. The molecule has 0 atom stereocenters. The molecular weight excluding hydrogens is 497 g/mol. The molecule has 194 valence electrons. The van der Waals surface area contributed by atoms with Gasteiger partial charge in [-0.25, -0.2) is 4.98 Å². The van der Waals surface area contributed by atoms with Gasteiger partial charge in [-0.2, -0.15) is 13.2 Å². The highest BCUT2D eigenvalue weighted by Gasteiger charge is 2.36. The highest BCUT2D eigenvalue weighted by molar-refractivity contribution is 6.04. The minimum atomic E-state index is -4.68. The highest BCUT2D eigenvalue weighted by Crippen LogP contribution is 2.32. The van der Waals surface area contributed by atoms with Crippen molar-refractivity contribution in [3.8, 4) is 11.3 Å². The van der Waals surface area contributed by atoms with Crippen LogP contribution in [0.5, 0.6) is 0 Å². The van der Waals surface area contributed by atoms with Crippen LogP contribution < -0.4 is 5.32 Å². The van der Waals surface area contributed by atoms with Gasteiger partial charge in [0.25, 0.3) is 11.8 Å². The molecule has 1 fully saturated rings. The van der Waals surface area contributed by atoms with Gasteiger partial charge in [0.15, 0.2) is 12.2 Å². The van der Waals surface area contributed by atoms with Crippen molar-refractivity contribution >= 4 is 17.5 Å². The number of hydrogen-bond acceptors (Lipinski definition) is 5. The number of carbonyl (C=O) groups excluding carboxylic acids is 2. The van der Waals surface area contributed by atoms with Gasteiger partial charge >= 0.3 is 6.18 Å². The van der Waals surface area contributed by atoms with E-state index in [0.29, 0.717) is 30.1 Å². The summed E-state index contributed by atoms with van der Waals surface area (Å²) in [6.45, 7) is 1.18. The number of nitrogens with one attached hydrogen (secondary N) is 1. The first-order chi connectivity index (χ1) is 18.3. The molecule has 1 N–H and O–H groups in total. The molecule has 4 aromatic rings. The number of piperidine rings is 1. The van der Waals surface area contributed by atoms with E-state index in [2.05, 4.69) is 15.3 Å². The predicted octanol–water partition coefficient (Wildman–Crippen LogP) is 6.03. The molecular formula is C28H23F3N4O3. The number of halogens is 3. The van der Waals surface area contributed by atoms with Crippen LogP contribution in [0.4, 0.5) is 18.9 Å². The van der Waals surface area contributed by atoms with Crippen LogP contribution in [0.1, 0.15) is 50.7 Å². The lowest BCUT2D eigenvalue weighted by molar-refractivity contribution is -0.138. The van der Waals surface area contributed by atoms with Crippen molar-refractivity contribution in [2.45, 2.75) is 24.9 Å². The van der Waals surface area contributed by atoms with Gasteiger partial charge in [0.1, 0.15) is 5.69 Å². The van der Waals surface area contributed by atoms with E-state index in [1.54, 1.807) is 30.5 Å². The highest BCUT2D eigenvalue weighted by atomic mass is 19.4. The van der Waals surface area contributed by atoms with Crippen LogP contribution in [-0.2, 0) is 6.18 Å². The number of alkyl halides is 3. The summed E-state index contributed by atoms with van der Waals surface area (Å²) in [6, 6.07) is 16.2. The van der Waals surface area contributed by atoms with Gasteiger partial charge in [-0.15, -0.1) is 0 Å². The monoisotopic (exact) mass is 520 g/mol. The lowest BCUT2D eigenvalue weighted by Crippen LogP contribution is -2.37. The Labute approximate surface area is 216 Å². The van der Waals surface area contributed by atoms with E-state index >= 15 is 0 Å².